The van der Waals surface area contributed by atoms with Crippen molar-refractivity contribution in [3.8, 4) is 11.1 Å². The van der Waals surface area contributed by atoms with Crippen LogP contribution in [0.25, 0.3) is 11.1 Å². The summed E-state index contributed by atoms with van der Waals surface area (Å²) in [5.74, 6) is 12.4. The van der Waals surface area contributed by atoms with E-state index in [0.29, 0.717) is 12.4 Å². The molecule has 7 nitrogen and oxygen atoms in total. The molecule has 0 aliphatic carbocycles. The van der Waals surface area contributed by atoms with Crippen LogP contribution in [-0.2, 0) is 6.54 Å². The molecule has 1 fully saturated rings. The van der Waals surface area contributed by atoms with Gasteiger partial charge in [-0.1, -0.05) is 12.1 Å². The van der Waals surface area contributed by atoms with Gasteiger partial charge in [-0.25, -0.2) is 10.2 Å². The second kappa shape index (κ2) is 7.72. The number of rotatable bonds is 2. The van der Waals surface area contributed by atoms with Crippen LogP contribution in [0.15, 0.2) is 59.8 Å². The van der Waals surface area contributed by atoms with Gasteiger partial charge < -0.3 is 21.0 Å². The van der Waals surface area contributed by atoms with Crippen molar-refractivity contribution in [1.29, 1.82) is 0 Å². The zero-order valence-corrected chi connectivity index (χ0v) is 17.2. The fourth-order valence-electron chi connectivity index (χ4n) is 4.55. The molecule has 2 aromatic carbocycles. The number of piperidine rings is 1. The van der Waals surface area contributed by atoms with Crippen LogP contribution >= 0.6 is 0 Å². The standard InChI is InChI=1S/C23H26FN7/c24-18-5-3-15(4-6-18)16-11-22-23(28-26)31(27)21-8-7-20(10-17(21)13-30(22)12-16)29-9-1-2-19(25)14-29/h3-8,10-12,19H,1-2,9,13-14,25-27H2/b28-23-. The second-order valence-electron chi connectivity index (χ2n) is 8.23. The quantitative estimate of drug-likeness (QED) is 0.438. The van der Waals surface area contributed by atoms with Gasteiger partial charge in [-0.2, -0.15) is 5.10 Å². The number of nitrogens with zero attached hydrogens (tertiary/aromatic N) is 4. The highest BCUT2D eigenvalue weighted by atomic mass is 19.1. The first kappa shape index (κ1) is 19.6. The molecule has 1 saturated heterocycles. The topological polar surface area (TPSA) is 102 Å². The van der Waals surface area contributed by atoms with Gasteiger partial charge in [-0.05, 0) is 60.4 Å². The molecule has 3 aromatic rings. The molecule has 5 rings (SSSR count). The molecule has 31 heavy (non-hydrogen) atoms. The third kappa shape index (κ3) is 3.54. The van der Waals surface area contributed by atoms with Crippen molar-refractivity contribution in [2.24, 2.45) is 22.5 Å². The van der Waals surface area contributed by atoms with E-state index in [0.717, 1.165) is 59.7 Å². The number of halogens is 1. The van der Waals surface area contributed by atoms with E-state index in [-0.39, 0.29) is 11.9 Å². The second-order valence-corrected chi connectivity index (χ2v) is 8.23. The molecule has 6 N–H and O–H groups in total. The lowest BCUT2D eigenvalue weighted by molar-refractivity contribution is 0.506. The number of anilines is 2. The number of hydrazone groups is 1. The fraction of sp³-hybridized carbons (Fsp3) is 0.261. The predicted octanol–water partition coefficient (Wildman–Crippen LogP) is 2.58. The Labute approximate surface area is 180 Å². The van der Waals surface area contributed by atoms with E-state index in [4.69, 9.17) is 17.4 Å². The summed E-state index contributed by atoms with van der Waals surface area (Å²) in [4.78, 5) is 2.33. The van der Waals surface area contributed by atoms with Crippen LogP contribution in [0.3, 0.4) is 0 Å². The third-order valence-electron chi connectivity index (χ3n) is 6.14. The maximum absolute atomic E-state index is 13.4. The highest BCUT2D eigenvalue weighted by molar-refractivity contribution is 6.09. The highest BCUT2D eigenvalue weighted by Crippen LogP contribution is 2.33. The molecule has 1 unspecified atom stereocenters. The molecule has 0 amide bonds. The van der Waals surface area contributed by atoms with Crippen molar-refractivity contribution in [1.82, 2.24) is 4.57 Å². The predicted molar refractivity (Wildman–Crippen MR) is 122 cm³/mol. The van der Waals surface area contributed by atoms with Gasteiger partial charge in [0.15, 0.2) is 5.84 Å². The van der Waals surface area contributed by atoms with E-state index in [1.165, 1.54) is 17.1 Å². The number of benzene rings is 2. The number of hydrogen-bond donors (Lipinski definition) is 3. The molecule has 0 saturated carbocycles. The Hall–Kier alpha value is -3.36. The summed E-state index contributed by atoms with van der Waals surface area (Å²) in [6, 6.07) is 14.9. The van der Waals surface area contributed by atoms with Crippen LogP contribution in [0.1, 0.15) is 24.1 Å². The smallest absolute Gasteiger partial charge is 0.190 e. The van der Waals surface area contributed by atoms with Crippen LogP contribution < -0.4 is 27.3 Å². The van der Waals surface area contributed by atoms with Gasteiger partial charge in [0.2, 0.25) is 0 Å². The normalized spacial score (nSPS) is 19.8. The zero-order chi connectivity index (χ0) is 21.5. The first-order chi connectivity index (χ1) is 15.0. The van der Waals surface area contributed by atoms with E-state index < -0.39 is 0 Å². The third-order valence-corrected chi connectivity index (χ3v) is 6.14. The molecular weight excluding hydrogens is 393 g/mol. The Morgan fingerprint density at radius 1 is 1.03 bits per heavy atom. The van der Waals surface area contributed by atoms with Crippen LogP contribution in [0.2, 0.25) is 0 Å². The Morgan fingerprint density at radius 3 is 2.58 bits per heavy atom. The molecule has 0 radical (unpaired) electrons. The van der Waals surface area contributed by atoms with E-state index in [1.54, 1.807) is 12.1 Å². The average molecular weight is 420 g/mol. The monoisotopic (exact) mass is 419 g/mol. The van der Waals surface area contributed by atoms with Crippen molar-refractivity contribution in [3.05, 3.63) is 71.8 Å². The lowest BCUT2D eigenvalue weighted by atomic mass is 10.0. The SMILES string of the molecule is N/N=C1/c2cc(-c3ccc(F)cc3)cn2Cc2cc(N3CCCC(N)C3)ccc2N1N. The first-order valence-corrected chi connectivity index (χ1v) is 10.5. The largest absolute Gasteiger partial charge is 0.370 e. The van der Waals surface area contributed by atoms with Crippen LogP contribution in [0.5, 0.6) is 0 Å². The van der Waals surface area contributed by atoms with Crippen LogP contribution in [0, 0.1) is 5.82 Å². The van der Waals surface area contributed by atoms with E-state index in [9.17, 15) is 4.39 Å². The molecule has 3 heterocycles. The number of amidine groups is 1. The molecular formula is C23H26FN7. The van der Waals surface area contributed by atoms with Gasteiger partial charge in [-0.15, -0.1) is 0 Å². The Bertz CT molecular complexity index is 1140. The highest BCUT2D eigenvalue weighted by Gasteiger charge is 2.26. The Balaban J connectivity index is 1.56. The van der Waals surface area contributed by atoms with Crippen molar-refractivity contribution >= 4 is 17.2 Å². The molecule has 0 bridgehead atoms. The van der Waals surface area contributed by atoms with E-state index >= 15 is 0 Å². The molecule has 0 spiro atoms. The minimum Gasteiger partial charge on any atom is -0.370 e. The summed E-state index contributed by atoms with van der Waals surface area (Å²) in [7, 11) is 0. The van der Waals surface area contributed by atoms with Crippen LogP contribution in [0.4, 0.5) is 15.8 Å². The zero-order valence-electron chi connectivity index (χ0n) is 17.2. The summed E-state index contributed by atoms with van der Waals surface area (Å²) in [6.07, 6.45) is 4.18. The number of hydrogen-bond acceptors (Lipinski definition) is 5. The maximum Gasteiger partial charge on any atom is 0.190 e. The van der Waals surface area contributed by atoms with Crippen molar-refractivity contribution < 1.29 is 4.39 Å². The first-order valence-electron chi connectivity index (χ1n) is 10.5. The van der Waals surface area contributed by atoms with E-state index in [1.807, 2.05) is 18.3 Å². The van der Waals surface area contributed by atoms with Gasteiger partial charge in [0, 0.05) is 43.1 Å². The van der Waals surface area contributed by atoms with Gasteiger partial charge in [0.25, 0.3) is 0 Å². The van der Waals surface area contributed by atoms with Crippen LogP contribution in [-0.4, -0.2) is 29.5 Å². The Kier molecular flexibility index (Phi) is 4.88. The number of fused-ring (bicyclic) bond motifs is 2. The van der Waals surface area contributed by atoms with E-state index in [2.05, 4.69) is 26.7 Å². The maximum atomic E-state index is 13.4. The molecule has 160 valence electrons. The van der Waals surface area contributed by atoms with Gasteiger partial charge in [0.1, 0.15) is 5.82 Å². The summed E-state index contributed by atoms with van der Waals surface area (Å²) in [5, 5.41) is 5.52. The molecule has 8 heteroatoms. The summed E-state index contributed by atoms with van der Waals surface area (Å²) in [5.41, 5.74) is 11.9. The lowest BCUT2D eigenvalue weighted by Crippen LogP contribution is -2.43. The van der Waals surface area contributed by atoms with Gasteiger partial charge >= 0.3 is 0 Å². The summed E-state index contributed by atoms with van der Waals surface area (Å²) >= 11 is 0. The van der Waals surface area contributed by atoms with Gasteiger partial charge in [-0.3, -0.25) is 5.01 Å². The molecule has 2 aliphatic rings. The number of aromatic nitrogens is 1. The Morgan fingerprint density at radius 2 is 1.84 bits per heavy atom. The minimum atomic E-state index is -0.263. The fourth-order valence-corrected chi connectivity index (χ4v) is 4.55. The summed E-state index contributed by atoms with van der Waals surface area (Å²) < 4.78 is 15.4. The van der Waals surface area contributed by atoms with Crippen molar-refractivity contribution in [2.75, 3.05) is 23.0 Å². The molecule has 2 aliphatic heterocycles. The summed E-state index contributed by atoms with van der Waals surface area (Å²) in [6.45, 7) is 2.47. The molecule has 1 aromatic heterocycles. The van der Waals surface area contributed by atoms with Crippen molar-refractivity contribution in [3.63, 3.8) is 0 Å². The minimum absolute atomic E-state index is 0.198. The average Bonchev–Trinajstić information content (AvgIpc) is 3.13. The van der Waals surface area contributed by atoms with Crippen molar-refractivity contribution in [2.45, 2.75) is 25.4 Å². The van der Waals surface area contributed by atoms with Gasteiger partial charge in [0.05, 0.1) is 11.4 Å². The molecule has 1 atom stereocenters. The number of hydrazine groups is 1. The number of nitrogens with two attached hydrogens (primary N) is 3. The lowest BCUT2D eigenvalue weighted by Gasteiger charge is -2.33.